The molecule has 5 heteroatoms. The summed E-state index contributed by atoms with van der Waals surface area (Å²) in [5.74, 6) is 2.30. The quantitative estimate of drug-likeness (QED) is 0.130. The van der Waals surface area contributed by atoms with Gasteiger partial charge >= 0.3 is 0 Å². The fourth-order valence-corrected chi connectivity index (χ4v) is 10.0. The summed E-state index contributed by atoms with van der Waals surface area (Å²) < 4.78 is 4.81. The Kier molecular flexibility index (Phi) is 10.1. The van der Waals surface area contributed by atoms with Gasteiger partial charge in [0.25, 0.3) is 0 Å². The Morgan fingerprint density at radius 1 is 0.348 bits per heavy atom. The fraction of sp³-hybridized carbons (Fsp3) is 0.0656. The van der Waals surface area contributed by atoms with Gasteiger partial charge in [0.15, 0.2) is 5.82 Å². The first-order valence-electron chi connectivity index (χ1n) is 22.8. The molecule has 66 heavy (non-hydrogen) atoms. The van der Waals surface area contributed by atoms with Crippen LogP contribution in [0.5, 0.6) is 0 Å². The van der Waals surface area contributed by atoms with Crippen molar-refractivity contribution in [3.8, 4) is 27.9 Å². The predicted octanol–water partition coefficient (Wildman–Crippen LogP) is 14.2. The minimum atomic E-state index is 0.512. The van der Waals surface area contributed by atoms with E-state index >= 15 is 0 Å². The van der Waals surface area contributed by atoms with Crippen LogP contribution in [0.3, 0.4) is 0 Å². The summed E-state index contributed by atoms with van der Waals surface area (Å²) in [7, 11) is 0. The Bertz CT molecular complexity index is 3690. The molecule has 3 aromatic heterocycles. The number of para-hydroxylation sites is 3. The number of benzene rings is 9. The molecule has 0 fully saturated rings. The minimum Gasteiger partial charge on any atom is -0.332 e. The van der Waals surface area contributed by atoms with E-state index in [-0.39, 0.29) is 0 Å². The van der Waals surface area contributed by atoms with Crippen LogP contribution < -0.4 is 0 Å². The van der Waals surface area contributed by atoms with Crippen LogP contribution in [0.2, 0.25) is 0 Å². The van der Waals surface area contributed by atoms with Gasteiger partial charge < -0.3 is 9.13 Å². The molecule has 0 spiro atoms. The standard InChI is InChI=1S/C61H45N5/c1-5-18-42(19-6-1)38-57-62-58(64-59(63-57)41-65-54-32-14-13-29-51(54)52-31-17-30-50(61(52)65)46-24-9-3-10-25-46)39-44-21-15-20-43(36-44)37-48-26-16-33-56-60(48)53-40-47(45-22-7-2-8-23-45)34-35-55(53)66(56)49-27-11-4-12-28-49/h1-36,40H,37-39,41H2. The number of rotatable bonds is 11. The maximum absolute atomic E-state index is 5.27. The normalized spacial score (nSPS) is 11.6. The maximum Gasteiger partial charge on any atom is 0.152 e. The van der Waals surface area contributed by atoms with Crippen LogP contribution in [0.1, 0.15) is 39.7 Å². The van der Waals surface area contributed by atoms with Gasteiger partial charge in [-0.1, -0.05) is 188 Å². The second-order valence-electron chi connectivity index (χ2n) is 17.2. The van der Waals surface area contributed by atoms with Crippen molar-refractivity contribution in [1.29, 1.82) is 0 Å². The molecule has 0 aliphatic carbocycles. The summed E-state index contributed by atoms with van der Waals surface area (Å²) >= 11 is 0. The zero-order valence-electron chi connectivity index (χ0n) is 36.4. The molecule has 0 atom stereocenters. The lowest BCUT2D eigenvalue weighted by molar-refractivity contribution is 0.732. The summed E-state index contributed by atoms with van der Waals surface area (Å²) in [6.07, 6.45) is 2.00. The Morgan fingerprint density at radius 3 is 1.70 bits per heavy atom. The second kappa shape index (κ2) is 16.9. The van der Waals surface area contributed by atoms with E-state index in [4.69, 9.17) is 15.0 Å². The van der Waals surface area contributed by atoms with Crippen molar-refractivity contribution in [2.75, 3.05) is 0 Å². The lowest BCUT2D eigenvalue weighted by atomic mass is 9.96. The van der Waals surface area contributed by atoms with Crippen LogP contribution in [-0.2, 0) is 25.8 Å². The molecule has 0 aliphatic rings. The lowest BCUT2D eigenvalue weighted by Crippen LogP contribution is -2.12. The van der Waals surface area contributed by atoms with Crippen LogP contribution in [0, 0.1) is 0 Å². The lowest BCUT2D eigenvalue weighted by Gasteiger charge is -2.13. The topological polar surface area (TPSA) is 48.5 Å². The van der Waals surface area contributed by atoms with E-state index in [2.05, 4.69) is 234 Å². The first kappa shape index (κ1) is 39.2. The van der Waals surface area contributed by atoms with Gasteiger partial charge in [-0.2, -0.15) is 0 Å². The van der Waals surface area contributed by atoms with Crippen molar-refractivity contribution in [2.45, 2.75) is 25.8 Å². The van der Waals surface area contributed by atoms with E-state index in [1.165, 1.54) is 82.6 Å². The first-order chi connectivity index (χ1) is 32.7. The highest BCUT2D eigenvalue weighted by molar-refractivity contribution is 6.13. The summed E-state index contributed by atoms with van der Waals surface area (Å²) in [6, 6.07) is 80.5. The van der Waals surface area contributed by atoms with E-state index in [0.717, 1.165) is 35.1 Å². The zero-order chi connectivity index (χ0) is 43.8. The minimum absolute atomic E-state index is 0.512. The van der Waals surface area contributed by atoms with Gasteiger partial charge in [-0.25, -0.2) is 15.0 Å². The average Bonchev–Trinajstić information content (AvgIpc) is 3.88. The Balaban J connectivity index is 0.929. The number of aromatic nitrogens is 5. The van der Waals surface area contributed by atoms with Crippen molar-refractivity contribution in [3.05, 3.63) is 264 Å². The molecular formula is C61H45N5. The molecule has 0 saturated heterocycles. The molecule has 0 unspecified atom stereocenters. The largest absolute Gasteiger partial charge is 0.332 e. The second-order valence-corrected chi connectivity index (χ2v) is 17.2. The summed E-state index contributed by atoms with van der Waals surface area (Å²) in [5, 5.41) is 4.98. The van der Waals surface area contributed by atoms with Gasteiger partial charge in [0.05, 0.1) is 23.1 Å². The van der Waals surface area contributed by atoms with Gasteiger partial charge in [0, 0.05) is 51.2 Å². The predicted molar refractivity (Wildman–Crippen MR) is 271 cm³/mol. The van der Waals surface area contributed by atoms with Crippen LogP contribution in [0.4, 0.5) is 0 Å². The molecule has 9 aromatic carbocycles. The maximum atomic E-state index is 5.27. The molecule has 314 valence electrons. The third kappa shape index (κ3) is 7.40. The number of nitrogens with zero attached hydrogens (tertiary/aromatic N) is 5. The van der Waals surface area contributed by atoms with E-state index in [1.807, 2.05) is 0 Å². The zero-order valence-corrected chi connectivity index (χ0v) is 36.4. The molecule has 5 nitrogen and oxygen atoms in total. The summed E-state index contributed by atoms with van der Waals surface area (Å²) in [5.41, 5.74) is 15.6. The van der Waals surface area contributed by atoms with Crippen LogP contribution in [-0.4, -0.2) is 24.1 Å². The smallest absolute Gasteiger partial charge is 0.152 e. The van der Waals surface area contributed by atoms with E-state index in [1.54, 1.807) is 0 Å². The van der Waals surface area contributed by atoms with Crippen molar-refractivity contribution in [2.24, 2.45) is 0 Å². The summed E-state index contributed by atoms with van der Waals surface area (Å²) in [6.45, 7) is 0.512. The fourth-order valence-electron chi connectivity index (χ4n) is 10.0. The van der Waals surface area contributed by atoms with E-state index in [9.17, 15) is 0 Å². The molecule has 0 saturated carbocycles. The molecule has 3 heterocycles. The van der Waals surface area contributed by atoms with Crippen molar-refractivity contribution < 1.29 is 0 Å². The highest BCUT2D eigenvalue weighted by atomic mass is 15.1. The third-order valence-corrected chi connectivity index (χ3v) is 12.9. The summed E-state index contributed by atoms with van der Waals surface area (Å²) in [4.78, 5) is 15.6. The van der Waals surface area contributed by atoms with E-state index in [0.29, 0.717) is 19.4 Å². The van der Waals surface area contributed by atoms with Crippen molar-refractivity contribution in [1.82, 2.24) is 24.1 Å². The molecule has 0 aliphatic heterocycles. The number of hydrogen-bond donors (Lipinski definition) is 0. The van der Waals surface area contributed by atoms with Crippen LogP contribution in [0.15, 0.2) is 224 Å². The third-order valence-electron chi connectivity index (χ3n) is 12.9. The number of hydrogen-bond acceptors (Lipinski definition) is 3. The van der Waals surface area contributed by atoms with Crippen molar-refractivity contribution in [3.63, 3.8) is 0 Å². The molecule has 12 aromatic rings. The first-order valence-corrected chi connectivity index (χ1v) is 22.8. The monoisotopic (exact) mass is 847 g/mol. The van der Waals surface area contributed by atoms with Gasteiger partial charge in [0.2, 0.25) is 0 Å². The molecule has 12 rings (SSSR count). The molecule has 0 radical (unpaired) electrons. The highest BCUT2D eigenvalue weighted by Gasteiger charge is 2.19. The molecule has 0 amide bonds. The molecular weight excluding hydrogens is 803 g/mol. The van der Waals surface area contributed by atoms with Gasteiger partial charge in [0.1, 0.15) is 11.6 Å². The Morgan fingerprint density at radius 2 is 0.924 bits per heavy atom. The van der Waals surface area contributed by atoms with Crippen LogP contribution >= 0.6 is 0 Å². The van der Waals surface area contributed by atoms with Crippen LogP contribution in [0.25, 0.3) is 71.6 Å². The SMILES string of the molecule is c1ccc(Cc2nc(Cc3cccc(Cc4cccc5c4c4cc(-c6ccccc6)ccc4n5-c4ccccc4)c3)nc(Cn3c4ccccc4c4cccc(-c5ccccc5)c43)n2)cc1. The Hall–Kier alpha value is -8.41. The number of fused-ring (bicyclic) bond motifs is 6. The van der Waals surface area contributed by atoms with Gasteiger partial charge in [-0.15, -0.1) is 0 Å². The van der Waals surface area contributed by atoms with Gasteiger partial charge in [-0.05, 0) is 81.8 Å². The molecule has 0 bridgehead atoms. The van der Waals surface area contributed by atoms with E-state index < -0.39 is 0 Å². The van der Waals surface area contributed by atoms with Gasteiger partial charge in [-0.3, -0.25) is 0 Å². The molecule has 0 N–H and O–H groups in total. The average molecular weight is 848 g/mol. The highest BCUT2D eigenvalue weighted by Crippen LogP contribution is 2.39. The van der Waals surface area contributed by atoms with Crippen molar-refractivity contribution >= 4 is 43.6 Å². The Labute approximate surface area is 384 Å².